The number of carbonyl (C=O) groups excluding carboxylic acids is 1. The molecule has 1 heterocycles. The zero-order chi connectivity index (χ0) is 31.5. The molecule has 0 aliphatic carbocycles. The molecule has 1 saturated heterocycles. The minimum absolute atomic E-state index is 0.216. The zero-order valence-electron chi connectivity index (χ0n) is 26.4. The number of hydrogen-bond acceptors (Lipinski definition) is 6. The summed E-state index contributed by atoms with van der Waals surface area (Å²) in [5, 5.41) is 0.216. The fourth-order valence-corrected chi connectivity index (χ4v) is 6.10. The highest BCUT2D eigenvalue weighted by atomic mass is 28.3. The van der Waals surface area contributed by atoms with Gasteiger partial charge in [0.05, 0.1) is 32.5 Å². The van der Waals surface area contributed by atoms with Gasteiger partial charge in [0, 0.05) is 6.42 Å². The lowest BCUT2D eigenvalue weighted by atomic mass is 9.95. The SMILES string of the molecule is C[Si](C)(C)C(=O)C[C@@H]1O[C@H](OCc2ccccc2)[C@@H](OCc2ccccc2)[C@H](OCc2ccccc2)[C@H]1OCc1ccccc1. The third kappa shape index (κ3) is 9.78. The first-order valence-electron chi connectivity index (χ1n) is 15.7. The van der Waals surface area contributed by atoms with Crippen molar-refractivity contribution in [2.45, 2.75) is 83.2 Å². The molecule has 5 rings (SSSR count). The third-order valence-electron chi connectivity index (χ3n) is 7.93. The molecular formula is C38H44O6Si. The molecule has 0 N–H and O–H groups in total. The maximum Gasteiger partial charge on any atom is 0.187 e. The van der Waals surface area contributed by atoms with Crippen LogP contribution in [0.5, 0.6) is 0 Å². The van der Waals surface area contributed by atoms with E-state index in [2.05, 4.69) is 19.6 Å². The van der Waals surface area contributed by atoms with E-state index in [0.717, 1.165) is 22.3 Å². The maximum atomic E-state index is 13.5. The molecular weight excluding hydrogens is 580 g/mol. The normalized spacial score (nSPS) is 21.8. The van der Waals surface area contributed by atoms with Crippen molar-refractivity contribution in [1.82, 2.24) is 0 Å². The predicted octanol–water partition coefficient (Wildman–Crippen LogP) is 7.52. The Bertz CT molecular complexity index is 1430. The average molecular weight is 625 g/mol. The van der Waals surface area contributed by atoms with Crippen LogP contribution in [0, 0.1) is 0 Å². The minimum atomic E-state index is -2.11. The molecule has 0 amide bonds. The van der Waals surface area contributed by atoms with Crippen molar-refractivity contribution >= 4 is 13.5 Å². The van der Waals surface area contributed by atoms with Crippen LogP contribution >= 0.6 is 0 Å². The van der Waals surface area contributed by atoms with Crippen molar-refractivity contribution in [3.8, 4) is 0 Å². The van der Waals surface area contributed by atoms with Crippen LogP contribution in [0.1, 0.15) is 28.7 Å². The van der Waals surface area contributed by atoms with Crippen molar-refractivity contribution in [2.75, 3.05) is 0 Å². The smallest absolute Gasteiger partial charge is 0.187 e. The largest absolute Gasteiger partial charge is 0.368 e. The molecule has 0 radical (unpaired) electrons. The highest BCUT2D eigenvalue weighted by Gasteiger charge is 2.50. The van der Waals surface area contributed by atoms with Gasteiger partial charge in [0.15, 0.2) is 6.29 Å². The summed E-state index contributed by atoms with van der Waals surface area (Å²) in [6, 6.07) is 40.1. The average Bonchev–Trinajstić information content (AvgIpc) is 3.06. The molecule has 7 heteroatoms. The van der Waals surface area contributed by atoms with E-state index in [1.807, 2.05) is 121 Å². The van der Waals surface area contributed by atoms with Gasteiger partial charge in [-0.05, 0) is 22.3 Å². The molecule has 0 unspecified atom stereocenters. The van der Waals surface area contributed by atoms with Gasteiger partial charge in [-0.25, -0.2) is 0 Å². The lowest BCUT2D eigenvalue weighted by Crippen LogP contribution is -2.61. The van der Waals surface area contributed by atoms with Crippen LogP contribution in [-0.2, 0) is 54.9 Å². The van der Waals surface area contributed by atoms with E-state index in [0.29, 0.717) is 26.4 Å². The maximum absolute atomic E-state index is 13.5. The summed E-state index contributed by atoms with van der Waals surface area (Å²) in [4.78, 5) is 13.5. The number of rotatable bonds is 15. The molecule has 45 heavy (non-hydrogen) atoms. The van der Waals surface area contributed by atoms with E-state index in [4.69, 9.17) is 23.7 Å². The van der Waals surface area contributed by atoms with E-state index < -0.39 is 38.8 Å². The Morgan fingerprint density at radius 3 is 1.29 bits per heavy atom. The quantitative estimate of drug-likeness (QED) is 0.128. The first-order valence-corrected chi connectivity index (χ1v) is 19.2. The lowest BCUT2D eigenvalue weighted by Gasteiger charge is -2.46. The van der Waals surface area contributed by atoms with Crippen molar-refractivity contribution in [3.05, 3.63) is 144 Å². The Labute approximate surface area is 268 Å². The van der Waals surface area contributed by atoms with Crippen molar-refractivity contribution in [1.29, 1.82) is 0 Å². The molecule has 0 bridgehead atoms. The molecule has 4 aromatic carbocycles. The summed E-state index contributed by atoms with van der Waals surface area (Å²) in [6.07, 6.45) is -2.93. The highest BCUT2D eigenvalue weighted by molar-refractivity contribution is 7.03. The van der Waals surface area contributed by atoms with Crippen LogP contribution in [0.4, 0.5) is 0 Å². The minimum Gasteiger partial charge on any atom is -0.368 e. The molecule has 236 valence electrons. The Kier molecular flexibility index (Phi) is 11.9. The van der Waals surface area contributed by atoms with Crippen LogP contribution in [0.15, 0.2) is 121 Å². The summed E-state index contributed by atoms with van der Waals surface area (Å²) in [6.45, 7) is 7.56. The van der Waals surface area contributed by atoms with Crippen LogP contribution in [0.25, 0.3) is 0 Å². The van der Waals surface area contributed by atoms with Crippen molar-refractivity contribution < 1.29 is 28.5 Å². The van der Waals surface area contributed by atoms with Gasteiger partial charge in [0.25, 0.3) is 0 Å². The predicted molar refractivity (Wildman–Crippen MR) is 178 cm³/mol. The van der Waals surface area contributed by atoms with Gasteiger partial charge >= 0.3 is 0 Å². The fourth-order valence-electron chi connectivity index (χ4n) is 5.29. The van der Waals surface area contributed by atoms with Crippen molar-refractivity contribution in [2.24, 2.45) is 0 Å². The molecule has 5 atom stereocenters. The van der Waals surface area contributed by atoms with Gasteiger partial charge in [-0.3, -0.25) is 0 Å². The number of hydrogen-bond donors (Lipinski definition) is 0. The standard InChI is InChI=1S/C38H44O6Si/c1-45(2,3)34(39)24-33-35(40-25-29-16-8-4-9-17-29)36(41-26-30-18-10-5-11-19-30)37(42-27-31-20-12-6-13-21-31)38(44-33)43-28-32-22-14-7-15-23-32/h4-23,33,35-38H,24-28H2,1-3H3/t33-,35-,36+,37-,38-/m0/s1. The Balaban J connectivity index is 1.48. The van der Waals surface area contributed by atoms with Crippen LogP contribution in [-0.4, -0.2) is 44.2 Å². The first kappa shape index (κ1) is 32.9. The van der Waals surface area contributed by atoms with Gasteiger partial charge in [0.2, 0.25) is 0 Å². The summed E-state index contributed by atoms with van der Waals surface area (Å²) in [7, 11) is -2.11. The van der Waals surface area contributed by atoms with E-state index in [1.54, 1.807) is 0 Å². The Morgan fingerprint density at radius 2 is 0.889 bits per heavy atom. The molecule has 0 saturated carbocycles. The molecule has 0 aromatic heterocycles. The molecule has 1 aliphatic rings. The van der Waals surface area contributed by atoms with E-state index in [1.165, 1.54) is 0 Å². The monoisotopic (exact) mass is 624 g/mol. The Morgan fingerprint density at radius 1 is 0.533 bits per heavy atom. The number of benzene rings is 4. The molecule has 0 spiro atoms. The van der Waals surface area contributed by atoms with Crippen LogP contribution in [0.3, 0.4) is 0 Å². The van der Waals surface area contributed by atoms with E-state index >= 15 is 0 Å². The molecule has 4 aromatic rings. The Hall–Kier alpha value is -3.43. The number of ether oxygens (including phenoxy) is 5. The topological polar surface area (TPSA) is 63.2 Å². The van der Waals surface area contributed by atoms with Gasteiger partial charge < -0.3 is 28.5 Å². The second-order valence-corrected chi connectivity index (χ2v) is 17.6. The molecule has 1 aliphatic heterocycles. The first-order chi connectivity index (χ1) is 21.9. The van der Waals surface area contributed by atoms with Crippen molar-refractivity contribution in [3.63, 3.8) is 0 Å². The summed E-state index contributed by atoms with van der Waals surface area (Å²) in [5.41, 5.74) is 4.10. The third-order valence-corrected chi connectivity index (χ3v) is 9.80. The van der Waals surface area contributed by atoms with Gasteiger partial charge in [-0.1, -0.05) is 141 Å². The summed E-state index contributed by atoms with van der Waals surface area (Å²) >= 11 is 0. The van der Waals surface area contributed by atoms with Crippen LogP contribution < -0.4 is 0 Å². The highest BCUT2D eigenvalue weighted by Crippen LogP contribution is 2.33. The fraction of sp³-hybridized carbons (Fsp3) is 0.342. The summed E-state index contributed by atoms with van der Waals surface area (Å²) in [5.74, 6) is 0. The van der Waals surface area contributed by atoms with Gasteiger partial charge in [0.1, 0.15) is 31.8 Å². The van der Waals surface area contributed by atoms with E-state index in [-0.39, 0.29) is 11.8 Å². The van der Waals surface area contributed by atoms with Gasteiger partial charge in [-0.2, -0.15) is 0 Å². The van der Waals surface area contributed by atoms with Gasteiger partial charge in [-0.15, -0.1) is 0 Å². The number of carbonyl (C=O) groups is 1. The second-order valence-electron chi connectivity index (χ2n) is 12.5. The second kappa shape index (κ2) is 16.2. The zero-order valence-corrected chi connectivity index (χ0v) is 27.4. The summed E-state index contributed by atoms with van der Waals surface area (Å²) < 4.78 is 33.2. The lowest BCUT2D eigenvalue weighted by molar-refractivity contribution is -0.325. The molecule has 6 nitrogen and oxygen atoms in total. The van der Waals surface area contributed by atoms with E-state index in [9.17, 15) is 4.79 Å². The molecule has 1 fully saturated rings. The van der Waals surface area contributed by atoms with Crippen LogP contribution in [0.2, 0.25) is 19.6 Å².